The maximum atomic E-state index is 5.19. The van der Waals surface area contributed by atoms with Gasteiger partial charge in [0, 0.05) is 11.8 Å². The molecule has 0 N–H and O–H groups in total. The van der Waals surface area contributed by atoms with E-state index in [2.05, 4.69) is 41.4 Å². The summed E-state index contributed by atoms with van der Waals surface area (Å²) in [5, 5.41) is 8.96. The van der Waals surface area contributed by atoms with Crippen molar-refractivity contribution in [1.29, 1.82) is 0 Å². The molecular formula is C22H20N4O. The van der Waals surface area contributed by atoms with Crippen molar-refractivity contribution in [3.05, 3.63) is 78.0 Å². The molecule has 27 heavy (non-hydrogen) atoms. The lowest BCUT2D eigenvalue weighted by molar-refractivity contribution is 0.415. The highest BCUT2D eigenvalue weighted by Crippen LogP contribution is 2.33. The summed E-state index contributed by atoms with van der Waals surface area (Å²) in [6.45, 7) is 4.12. The Morgan fingerprint density at radius 2 is 1.63 bits per heavy atom. The fourth-order valence-electron chi connectivity index (χ4n) is 2.95. The molecule has 4 rings (SSSR count). The number of rotatable bonds is 4. The maximum Gasteiger partial charge on any atom is 0.187 e. The van der Waals surface area contributed by atoms with Crippen molar-refractivity contribution in [2.45, 2.75) is 13.8 Å². The molecule has 5 nitrogen and oxygen atoms in total. The van der Waals surface area contributed by atoms with E-state index >= 15 is 0 Å². The van der Waals surface area contributed by atoms with Gasteiger partial charge in [-0.2, -0.15) is 0 Å². The zero-order valence-electron chi connectivity index (χ0n) is 15.5. The van der Waals surface area contributed by atoms with Crippen LogP contribution in [0.5, 0.6) is 5.75 Å². The Labute approximate surface area is 158 Å². The molecule has 0 radical (unpaired) electrons. The SMILES string of the molecule is COc1ccc(N=Nc2c(-c3ccc(C)cc3)nc3c(C)cccn23)cc1. The number of hydrogen-bond acceptors (Lipinski definition) is 4. The minimum absolute atomic E-state index is 0.716. The Morgan fingerprint density at radius 3 is 2.33 bits per heavy atom. The summed E-state index contributed by atoms with van der Waals surface area (Å²) < 4.78 is 7.17. The quantitative estimate of drug-likeness (QED) is 0.418. The highest BCUT2D eigenvalue weighted by Gasteiger charge is 2.15. The Morgan fingerprint density at radius 1 is 0.889 bits per heavy atom. The maximum absolute atomic E-state index is 5.19. The molecule has 134 valence electrons. The van der Waals surface area contributed by atoms with Gasteiger partial charge in [0.2, 0.25) is 0 Å². The molecule has 2 aromatic carbocycles. The fraction of sp³-hybridized carbons (Fsp3) is 0.136. The van der Waals surface area contributed by atoms with Gasteiger partial charge in [0.25, 0.3) is 0 Å². The van der Waals surface area contributed by atoms with Gasteiger partial charge in [0.15, 0.2) is 5.82 Å². The van der Waals surface area contributed by atoms with Crippen molar-refractivity contribution in [2.75, 3.05) is 7.11 Å². The van der Waals surface area contributed by atoms with Gasteiger partial charge in [-0.3, -0.25) is 4.40 Å². The van der Waals surface area contributed by atoms with Gasteiger partial charge in [0.05, 0.1) is 12.8 Å². The number of ether oxygens (including phenoxy) is 1. The number of fused-ring (bicyclic) bond motifs is 1. The van der Waals surface area contributed by atoms with Crippen LogP contribution in [0, 0.1) is 13.8 Å². The van der Waals surface area contributed by atoms with E-state index < -0.39 is 0 Å². The lowest BCUT2D eigenvalue weighted by atomic mass is 10.1. The first-order valence-electron chi connectivity index (χ1n) is 8.76. The molecule has 0 amide bonds. The first kappa shape index (κ1) is 17.0. The number of pyridine rings is 1. The average molecular weight is 356 g/mol. The third kappa shape index (κ3) is 3.31. The first-order valence-corrected chi connectivity index (χ1v) is 8.76. The number of imidazole rings is 1. The summed E-state index contributed by atoms with van der Waals surface area (Å²) in [6.07, 6.45) is 1.97. The minimum atomic E-state index is 0.716. The van der Waals surface area contributed by atoms with Gasteiger partial charge in [-0.1, -0.05) is 35.9 Å². The Kier molecular flexibility index (Phi) is 4.42. The number of hydrogen-bond donors (Lipinski definition) is 0. The molecule has 0 atom stereocenters. The molecule has 4 aromatic rings. The van der Waals surface area contributed by atoms with Crippen LogP contribution < -0.4 is 4.74 Å². The topological polar surface area (TPSA) is 51.2 Å². The van der Waals surface area contributed by atoms with E-state index in [1.54, 1.807) is 7.11 Å². The van der Waals surface area contributed by atoms with Crippen molar-refractivity contribution >= 4 is 17.2 Å². The van der Waals surface area contributed by atoms with Crippen LogP contribution >= 0.6 is 0 Å². The molecule has 0 spiro atoms. The van der Waals surface area contributed by atoms with Gasteiger partial charge in [-0.25, -0.2) is 4.98 Å². The largest absolute Gasteiger partial charge is 0.497 e. The molecule has 0 saturated heterocycles. The minimum Gasteiger partial charge on any atom is -0.497 e. The van der Waals surface area contributed by atoms with Gasteiger partial charge in [0.1, 0.15) is 17.1 Å². The molecular weight excluding hydrogens is 336 g/mol. The van der Waals surface area contributed by atoms with Gasteiger partial charge in [-0.05, 0) is 49.7 Å². The molecule has 0 saturated carbocycles. The van der Waals surface area contributed by atoms with Crippen LogP contribution in [0.25, 0.3) is 16.9 Å². The van der Waals surface area contributed by atoms with E-state index in [9.17, 15) is 0 Å². The van der Waals surface area contributed by atoms with Crippen molar-refractivity contribution < 1.29 is 4.74 Å². The highest BCUT2D eigenvalue weighted by molar-refractivity contribution is 5.75. The predicted molar refractivity (Wildman–Crippen MR) is 107 cm³/mol. The number of aromatic nitrogens is 2. The Hall–Kier alpha value is -3.47. The van der Waals surface area contributed by atoms with Crippen LogP contribution in [-0.4, -0.2) is 16.5 Å². The second-order valence-electron chi connectivity index (χ2n) is 6.43. The number of benzene rings is 2. The highest BCUT2D eigenvalue weighted by atomic mass is 16.5. The van der Waals surface area contributed by atoms with Crippen LogP contribution in [0.1, 0.15) is 11.1 Å². The molecule has 2 heterocycles. The number of nitrogens with zero attached hydrogens (tertiary/aromatic N) is 4. The van der Waals surface area contributed by atoms with E-state index in [-0.39, 0.29) is 0 Å². The molecule has 0 aliphatic rings. The van der Waals surface area contributed by atoms with Crippen molar-refractivity contribution in [2.24, 2.45) is 10.2 Å². The zero-order chi connectivity index (χ0) is 18.8. The molecule has 0 aliphatic carbocycles. The first-order chi connectivity index (χ1) is 13.2. The monoisotopic (exact) mass is 356 g/mol. The van der Waals surface area contributed by atoms with E-state index in [4.69, 9.17) is 9.72 Å². The van der Waals surface area contributed by atoms with Gasteiger partial charge >= 0.3 is 0 Å². The summed E-state index contributed by atoms with van der Waals surface area (Å²) in [4.78, 5) is 4.84. The molecule has 2 aromatic heterocycles. The van der Waals surface area contributed by atoms with Crippen molar-refractivity contribution in [3.63, 3.8) is 0 Å². The average Bonchev–Trinajstić information content (AvgIpc) is 3.07. The summed E-state index contributed by atoms with van der Waals surface area (Å²) in [7, 11) is 1.64. The summed E-state index contributed by atoms with van der Waals surface area (Å²) in [6, 6.07) is 19.8. The lowest BCUT2D eigenvalue weighted by Gasteiger charge is -2.01. The Balaban J connectivity index is 1.84. The van der Waals surface area contributed by atoms with Crippen LogP contribution in [0.3, 0.4) is 0 Å². The fourth-order valence-corrected chi connectivity index (χ4v) is 2.95. The Bertz CT molecular complexity index is 1110. The lowest BCUT2D eigenvalue weighted by Crippen LogP contribution is -1.85. The summed E-state index contributed by atoms with van der Waals surface area (Å²) in [5.74, 6) is 1.51. The van der Waals surface area contributed by atoms with Crippen LogP contribution in [0.15, 0.2) is 77.1 Å². The zero-order valence-corrected chi connectivity index (χ0v) is 15.5. The van der Waals surface area contributed by atoms with E-state index in [0.29, 0.717) is 5.82 Å². The molecule has 0 unspecified atom stereocenters. The van der Waals surface area contributed by atoms with Crippen molar-refractivity contribution in [3.8, 4) is 17.0 Å². The smallest absolute Gasteiger partial charge is 0.187 e. The normalized spacial score (nSPS) is 11.4. The summed E-state index contributed by atoms with van der Waals surface area (Å²) in [5.41, 5.74) is 5.79. The predicted octanol–water partition coefficient (Wildman–Crippen LogP) is 6.04. The van der Waals surface area contributed by atoms with Crippen LogP contribution in [0.2, 0.25) is 0 Å². The molecule has 0 bridgehead atoms. The second-order valence-corrected chi connectivity index (χ2v) is 6.43. The van der Waals surface area contributed by atoms with Gasteiger partial charge in [-0.15, -0.1) is 10.2 Å². The number of methoxy groups -OCH3 is 1. The van der Waals surface area contributed by atoms with Crippen molar-refractivity contribution in [1.82, 2.24) is 9.38 Å². The van der Waals surface area contributed by atoms with Gasteiger partial charge < -0.3 is 4.74 Å². The van der Waals surface area contributed by atoms with E-state index in [0.717, 1.165) is 33.9 Å². The molecule has 0 fully saturated rings. The number of azo groups is 1. The molecule has 5 heteroatoms. The van der Waals surface area contributed by atoms with Crippen LogP contribution in [0.4, 0.5) is 11.5 Å². The van der Waals surface area contributed by atoms with Crippen LogP contribution in [-0.2, 0) is 0 Å². The van der Waals surface area contributed by atoms with E-state index in [1.165, 1.54) is 5.56 Å². The number of aryl methyl sites for hydroxylation is 2. The second kappa shape index (κ2) is 7.03. The van der Waals surface area contributed by atoms with E-state index in [1.807, 2.05) is 53.9 Å². The third-order valence-corrected chi connectivity index (χ3v) is 4.48. The third-order valence-electron chi connectivity index (χ3n) is 4.48. The molecule has 0 aliphatic heterocycles. The summed E-state index contributed by atoms with van der Waals surface area (Å²) >= 11 is 0. The standard InChI is InChI=1S/C22H20N4O/c1-15-6-8-17(9-7-15)20-22(26-14-4-5-16(2)21(26)23-20)25-24-18-10-12-19(27-3)13-11-18/h4-14H,1-3H3.